The predicted molar refractivity (Wildman–Crippen MR) is 59.4 cm³/mol. The van der Waals surface area contributed by atoms with Crippen LogP contribution in [0.1, 0.15) is 0 Å². The first-order valence-electron chi connectivity index (χ1n) is 4.27. The zero-order valence-electron chi connectivity index (χ0n) is 8.05. The summed E-state index contributed by atoms with van der Waals surface area (Å²) in [6.45, 7) is 0. The van der Waals surface area contributed by atoms with Crippen LogP contribution in [0.4, 0.5) is 11.4 Å². The van der Waals surface area contributed by atoms with E-state index in [9.17, 15) is 0 Å². The Bertz CT molecular complexity index is 363. The van der Waals surface area contributed by atoms with E-state index >= 15 is 0 Å². The number of nitrogens with two attached hydrogens (primary N) is 2. The Hall–Kier alpha value is -2.30. The van der Waals surface area contributed by atoms with Crippen LogP contribution in [0.25, 0.3) is 0 Å². The molecule has 0 saturated heterocycles. The predicted octanol–water partition coefficient (Wildman–Crippen LogP) is 1.11. The number of anilines is 2. The third kappa shape index (κ3) is 3.95. The Morgan fingerprint density at radius 3 is 2.33 bits per heavy atom. The molecule has 1 aromatic rings. The van der Waals surface area contributed by atoms with E-state index in [1.807, 2.05) is 6.08 Å². The molecule has 0 unspecified atom stereocenters. The van der Waals surface area contributed by atoms with Gasteiger partial charge in [0.15, 0.2) is 0 Å². The fourth-order valence-electron chi connectivity index (χ4n) is 0.831. The first kappa shape index (κ1) is 10.8. The molecule has 0 amide bonds. The van der Waals surface area contributed by atoms with Crippen molar-refractivity contribution >= 4 is 11.4 Å². The lowest BCUT2D eigenvalue weighted by atomic mass is 10.3. The topological polar surface area (TPSA) is 93.5 Å². The van der Waals surface area contributed by atoms with Crippen LogP contribution in [-0.2, 0) is 4.84 Å². The van der Waals surface area contributed by atoms with Crippen molar-refractivity contribution in [3.8, 4) is 5.75 Å². The molecule has 6 N–H and O–H groups in total. The SMILES string of the molecule is C1=CNOC=C1.Nc1ccc(O)c(N)c1. The minimum Gasteiger partial charge on any atom is -0.506 e. The Labute approximate surface area is 87.6 Å². The van der Waals surface area contributed by atoms with Gasteiger partial charge >= 0.3 is 0 Å². The van der Waals surface area contributed by atoms with Crippen LogP contribution < -0.4 is 16.9 Å². The van der Waals surface area contributed by atoms with E-state index in [0.717, 1.165) is 0 Å². The van der Waals surface area contributed by atoms with Crippen LogP contribution in [-0.4, -0.2) is 5.11 Å². The first-order chi connectivity index (χ1) is 7.20. The number of phenols is 1. The summed E-state index contributed by atoms with van der Waals surface area (Å²) in [5.74, 6) is 0.0733. The van der Waals surface area contributed by atoms with E-state index in [4.69, 9.17) is 16.6 Å². The van der Waals surface area contributed by atoms with E-state index < -0.39 is 0 Å². The smallest absolute Gasteiger partial charge is 0.138 e. The second-order valence-corrected chi connectivity index (χ2v) is 2.74. The molecule has 5 nitrogen and oxygen atoms in total. The van der Waals surface area contributed by atoms with Gasteiger partial charge in [-0.3, -0.25) is 0 Å². The Balaban J connectivity index is 0.000000162. The van der Waals surface area contributed by atoms with Crippen molar-refractivity contribution in [1.29, 1.82) is 0 Å². The van der Waals surface area contributed by atoms with Crippen molar-refractivity contribution in [1.82, 2.24) is 5.48 Å². The van der Waals surface area contributed by atoms with E-state index in [0.29, 0.717) is 11.4 Å². The minimum atomic E-state index is 0.0733. The molecule has 0 aromatic heterocycles. The van der Waals surface area contributed by atoms with Crippen molar-refractivity contribution in [2.75, 3.05) is 11.5 Å². The van der Waals surface area contributed by atoms with Gasteiger partial charge in [0.05, 0.1) is 5.69 Å². The van der Waals surface area contributed by atoms with Crippen molar-refractivity contribution in [3.63, 3.8) is 0 Å². The number of hydroxylamine groups is 1. The molecule has 0 saturated carbocycles. The summed E-state index contributed by atoms with van der Waals surface area (Å²) in [6.07, 6.45) is 6.93. The highest BCUT2D eigenvalue weighted by Crippen LogP contribution is 2.20. The van der Waals surface area contributed by atoms with Gasteiger partial charge in [0, 0.05) is 11.9 Å². The van der Waals surface area contributed by atoms with Crippen LogP contribution in [0, 0.1) is 0 Å². The molecule has 2 rings (SSSR count). The Kier molecular flexibility index (Phi) is 3.91. The van der Waals surface area contributed by atoms with Crippen LogP contribution in [0.2, 0.25) is 0 Å². The second-order valence-electron chi connectivity index (χ2n) is 2.74. The van der Waals surface area contributed by atoms with Gasteiger partial charge in [0.1, 0.15) is 12.0 Å². The molecule has 0 fully saturated rings. The number of hydrogen-bond acceptors (Lipinski definition) is 5. The van der Waals surface area contributed by atoms with E-state index in [1.54, 1.807) is 24.6 Å². The van der Waals surface area contributed by atoms with Crippen LogP contribution in [0.5, 0.6) is 5.75 Å². The number of phenolic OH excluding ortho intramolecular Hbond substituents is 1. The largest absolute Gasteiger partial charge is 0.506 e. The molecule has 1 aliphatic heterocycles. The van der Waals surface area contributed by atoms with Gasteiger partial charge in [-0.05, 0) is 30.4 Å². The molecule has 5 heteroatoms. The quantitative estimate of drug-likeness (QED) is 0.290. The number of benzene rings is 1. The summed E-state index contributed by atoms with van der Waals surface area (Å²) in [4.78, 5) is 4.55. The molecule has 0 radical (unpaired) electrons. The first-order valence-corrected chi connectivity index (χ1v) is 4.27. The summed E-state index contributed by atoms with van der Waals surface area (Å²) in [5, 5.41) is 8.86. The summed E-state index contributed by atoms with van der Waals surface area (Å²) in [5.41, 5.74) is 14.0. The van der Waals surface area contributed by atoms with Gasteiger partial charge in [-0.1, -0.05) is 0 Å². The number of hydrogen-bond donors (Lipinski definition) is 4. The highest BCUT2D eigenvalue weighted by atomic mass is 16.6. The normalized spacial score (nSPS) is 12.0. The maximum atomic E-state index is 8.86. The average Bonchev–Trinajstić information content (AvgIpc) is 2.27. The second kappa shape index (κ2) is 5.43. The molecule has 1 aromatic carbocycles. The highest BCUT2D eigenvalue weighted by Gasteiger charge is 1.93. The number of rotatable bonds is 0. The van der Waals surface area contributed by atoms with E-state index in [2.05, 4.69) is 10.3 Å². The molecular formula is C10H13N3O2. The number of nitrogen functional groups attached to an aromatic ring is 2. The molecule has 80 valence electrons. The number of aromatic hydroxyl groups is 1. The summed E-state index contributed by atoms with van der Waals surface area (Å²) >= 11 is 0. The molecule has 0 spiro atoms. The molecular weight excluding hydrogens is 194 g/mol. The molecule has 1 aliphatic rings. The Morgan fingerprint density at radius 2 is 2.00 bits per heavy atom. The molecule has 0 atom stereocenters. The van der Waals surface area contributed by atoms with Gasteiger partial charge in [-0.15, -0.1) is 0 Å². The lowest BCUT2D eigenvalue weighted by molar-refractivity contribution is 0.172. The van der Waals surface area contributed by atoms with Gasteiger partial charge < -0.3 is 21.4 Å². The van der Waals surface area contributed by atoms with Crippen LogP contribution >= 0.6 is 0 Å². The third-order valence-corrected chi connectivity index (χ3v) is 1.54. The maximum Gasteiger partial charge on any atom is 0.138 e. The van der Waals surface area contributed by atoms with Gasteiger partial charge in [0.2, 0.25) is 0 Å². The van der Waals surface area contributed by atoms with Gasteiger partial charge in [-0.25, -0.2) is 5.48 Å². The van der Waals surface area contributed by atoms with Crippen molar-refractivity contribution in [2.45, 2.75) is 0 Å². The number of allylic oxidation sites excluding steroid dienone is 2. The standard InChI is InChI=1S/C6H8N2O.C4H5NO/c7-4-1-2-6(9)5(8)3-4;1-2-4-6-5-3-1/h1-3,9H,7-8H2;1-5H. The van der Waals surface area contributed by atoms with E-state index in [1.165, 1.54) is 12.1 Å². The summed E-state index contributed by atoms with van der Waals surface area (Å²) in [7, 11) is 0. The van der Waals surface area contributed by atoms with E-state index in [-0.39, 0.29) is 5.75 Å². The molecule has 0 bridgehead atoms. The minimum absolute atomic E-state index is 0.0733. The van der Waals surface area contributed by atoms with Gasteiger partial charge in [-0.2, -0.15) is 0 Å². The summed E-state index contributed by atoms with van der Waals surface area (Å²) in [6, 6.07) is 4.56. The molecule has 1 heterocycles. The van der Waals surface area contributed by atoms with Crippen LogP contribution in [0.15, 0.2) is 42.8 Å². The highest BCUT2D eigenvalue weighted by molar-refractivity contribution is 5.59. The van der Waals surface area contributed by atoms with Crippen LogP contribution in [0.3, 0.4) is 0 Å². The fraction of sp³-hybridized carbons (Fsp3) is 0. The third-order valence-electron chi connectivity index (χ3n) is 1.54. The molecule has 0 aliphatic carbocycles. The summed E-state index contributed by atoms with van der Waals surface area (Å²) < 4.78 is 0. The van der Waals surface area contributed by atoms with Gasteiger partial charge in [0.25, 0.3) is 0 Å². The number of nitrogens with one attached hydrogen (secondary N) is 1. The lowest BCUT2D eigenvalue weighted by Gasteiger charge is -1.97. The zero-order chi connectivity index (χ0) is 11.1. The van der Waals surface area contributed by atoms with Crippen molar-refractivity contribution in [3.05, 3.63) is 42.8 Å². The molecule has 15 heavy (non-hydrogen) atoms. The monoisotopic (exact) mass is 207 g/mol. The maximum absolute atomic E-state index is 8.86. The van der Waals surface area contributed by atoms with Crippen molar-refractivity contribution < 1.29 is 9.94 Å². The lowest BCUT2D eigenvalue weighted by Crippen LogP contribution is -2.01. The van der Waals surface area contributed by atoms with Crippen molar-refractivity contribution in [2.24, 2.45) is 0 Å². The average molecular weight is 207 g/mol. The fourth-order valence-corrected chi connectivity index (χ4v) is 0.831. The zero-order valence-corrected chi connectivity index (χ0v) is 8.05. The Morgan fingerprint density at radius 1 is 1.20 bits per heavy atom.